The number of benzene rings is 1. The SMILES string of the molecule is COc1ccc(N2CCN(CC=Cc3cnn(-c4ncccn4)c3C)CC2)cc1.Cl. The van der Waals surface area contributed by atoms with Crippen LogP contribution in [0.25, 0.3) is 12.0 Å². The second-order valence-corrected chi connectivity index (χ2v) is 7.03. The van der Waals surface area contributed by atoms with E-state index in [9.17, 15) is 0 Å². The van der Waals surface area contributed by atoms with Gasteiger partial charge in [-0.1, -0.05) is 12.2 Å². The third-order valence-electron chi connectivity index (χ3n) is 5.26. The van der Waals surface area contributed by atoms with E-state index in [0.29, 0.717) is 5.95 Å². The van der Waals surface area contributed by atoms with Crippen molar-refractivity contribution >= 4 is 24.2 Å². The molecule has 1 aliphatic heterocycles. The fourth-order valence-corrected chi connectivity index (χ4v) is 3.50. The zero-order chi connectivity index (χ0) is 20.1. The van der Waals surface area contributed by atoms with Crippen molar-refractivity contribution in [1.82, 2.24) is 24.6 Å². The lowest BCUT2D eigenvalue weighted by Crippen LogP contribution is -2.46. The van der Waals surface area contributed by atoms with Gasteiger partial charge in [0, 0.05) is 56.4 Å². The first-order chi connectivity index (χ1) is 14.2. The first-order valence-electron chi connectivity index (χ1n) is 9.84. The molecular formula is C22H27ClN6O. The van der Waals surface area contributed by atoms with E-state index in [2.05, 4.69) is 49.2 Å². The molecule has 0 radical (unpaired) electrons. The van der Waals surface area contributed by atoms with Crippen LogP contribution < -0.4 is 9.64 Å². The number of hydrogen-bond acceptors (Lipinski definition) is 6. The number of nitrogens with zero attached hydrogens (tertiary/aromatic N) is 6. The van der Waals surface area contributed by atoms with E-state index in [0.717, 1.165) is 49.7 Å². The molecule has 0 atom stereocenters. The standard InChI is InChI=1S/C22H26N6O.ClH/c1-18-19(17-25-28(18)22-23-10-4-11-24-22)5-3-12-26-13-15-27(16-14-26)20-6-8-21(29-2)9-7-20;/h3-11,17H,12-16H2,1-2H3;1H. The van der Waals surface area contributed by atoms with E-state index in [1.54, 1.807) is 30.3 Å². The molecule has 7 nitrogen and oxygen atoms in total. The van der Waals surface area contributed by atoms with Gasteiger partial charge in [-0.25, -0.2) is 14.6 Å². The Bertz CT molecular complexity index is 950. The molecular weight excluding hydrogens is 400 g/mol. The van der Waals surface area contributed by atoms with Crippen LogP contribution in [0.4, 0.5) is 5.69 Å². The summed E-state index contributed by atoms with van der Waals surface area (Å²) in [6.07, 6.45) is 9.67. The van der Waals surface area contributed by atoms with Gasteiger partial charge >= 0.3 is 0 Å². The third-order valence-corrected chi connectivity index (χ3v) is 5.26. The van der Waals surface area contributed by atoms with Gasteiger partial charge in [0.15, 0.2) is 0 Å². The summed E-state index contributed by atoms with van der Waals surface area (Å²) in [6, 6.07) is 10.1. The van der Waals surface area contributed by atoms with Crippen LogP contribution in [0.3, 0.4) is 0 Å². The van der Waals surface area contributed by atoms with E-state index in [4.69, 9.17) is 4.74 Å². The second-order valence-electron chi connectivity index (χ2n) is 7.03. The molecule has 1 aliphatic rings. The van der Waals surface area contributed by atoms with Crippen molar-refractivity contribution in [1.29, 1.82) is 0 Å². The molecule has 30 heavy (non-hydrogen) atoms. The highest BCUT2D eigenvalue weighted by molar-refractivity contribution is 5.85. The van der Waals surface area contributed by atoms with Crippen molar-refractivity contribution in [2.75, 3.05) is 44.7 Å². The summed E-state index contributed by atoms with van der Waals surface area (Å²) in [6.45, 7) is 7.13. The maximum atomic E-state index is 5.24. The summed E-state index contributed by atoms with van der Waals surface area (Å²) >= 11 is 0. The van der Waals surface area contributed by atoms with Crippen LogP contribution in [-0.2, 0) is 0 Å². The smallest absolute Gasteiger partial charge is 0.250 e. The molecule has 0 bridgehead atoms. The lowest BCUT2D eigenvalue weighted by molar-refractivity contribution is 0.284. The predicted molar refractivity (Wildman–Crippen MR) is 122 cm³/mol. The number of anilines is 1. The average molecular weight is 427 g/mol. The number of rotatable bonds is 6. The number of methoxy groups -OCH3 is 1. The first-order valence-corrected chi connectivity index (χ1v) is 9.84. The van der Waals surface area contributed by atoms with Crippen molar-refractivity contribution in [2.45, 2.75) is 6.92 Å². The quantitative estimate of drug-likeness (QED) is 0.603. The van der Waals surface area contributed by atoms with Crippen molar-refractivity contribution in [3.8, 4) is 11.7 Å². The highest BCUT2D eigenvalue weighted by Crippen LogP contribution is 2.20. The van der Waals surface area contributed by atoms with Crippen LogP contribution in [0.1, 0.15) is 11.3 Å². The first kappa shape index (κ1) is 21.8. The Morgan fingerprint density at radius 1 is 1.03 bits per heavy atom. The minimum absolute atomic E-state index is 0. The van der Waals surface area contributed by atoms with E-state index < -0.39 is 0 Å². The molecule has 2 aromatic heterocycles. The number of aromatic nitrogens is 4. The normalized spacial score (nSPS) is 14.7. The molecule has 158 valence electrons. The third kappa shape index (κ3) is 4.98. The molecule has 3 aromatic rings. The monoisotopic (exact) mass is 426 g/mol. The Balaban J connectivity index is 0.00000256. The van der Waals surface area contributed by atoms with Crippen molar-refractivity contribution in [3.63, 3.8) is 0 Å². The molecule has 0 unspecified atom stereocenters. The van der Waals surface area contributed by atoms with E-state index in [-0.39, 0.29) is 12.4 Å². The Morgan fingerprint density at radius 2 is 1.73 bits per heavy atom. The van der Waals surface area contributed by atoms with Crippen molar-refractivity contribution in [3.05, 3.63) is 66.3 Å². The topological polar surface area (TPSA) is 59.3 Å². The lowest BCUT2D eigenvalue weighted by atomic mass is 10.2. The van der Waals surface area contributed by atoms with Crippen molar-refractivity contribution < 1.29 is 4.74 Å². The Hall–Kier alpha value is -2.90. The number of hydrogen-bond donors (Lipinski definition) is 0. The van der Waals surface area contributed by atoms with E-state index in [1.165, 1.54) is 5.69 Å². The zero-order valence-electron chi connectivity index (χ0n) is 17.3. The molecule has 3 heterocycles. The molecule has 0 N–H and O–H groups in total. The van der Waals surface area contributed by atoms with E-state index in [1.807, 2.05) is 25.3 Å². The molecule has 0 amide bonds. The summed E-state index contributed by atoms with van der Waals surface area (Å²) in [4.78, 5) is 13.4. The number of piperazine rings is 1. The van der Waals surface area contributed by atoms with Gasteiger partial charge in [-0.15, -0.1) is 12.4 Å². The maximum Gasteiger partial charge on any atom is 0.250 e. The molecule has 8 heteroatoms. The Labute approximate surface area is 183 Å². The Morgan fingerprint density at radius 3 is 2.40 bits per heavy atom. The maximum absolute atomic E-state index is 5.24. The van der Waals surface area contributed by atoms with Gasteiger partial charge in [0.05, 0.1) is 19.0 Å². The molecule has 4 rings (SSSR count). The average Bonchev–Trinajstić information content (AvgIpc) is 3.15. The summed E-state index contributed by atoms with van der Waals surface area (Å²) < 4.78 is 7.01. The van der Waals surface area contributed by atoms with Gasteiger partial charge in [0.25, 0.3) is 5.95 Å². The minimum atomic E-state index is 0. The molecule has 1 saturated heterocycles. The zero-order valence-corrected chi connectivity index (χ0v) is 18.1. The summed E-state index contributed by atoms with van der Waals surface area (Å²) in [5.74, 6) is 1.49. The fourth-order valence-electron chi connectivity index (χ4n) is 3.50. The van der Waals surface area contributed by atoms with Gasteiger partial charge in [-0.2, -0.15) is 5.10 Å². The largest absolute Gasteiger partial charge is 0.497 e. The van der Waals surface area contributed by atoms with Crippen LogP contribution in [0.5, 0.6) is 5.75 Å². The summed E-state index contributed by atoms with van der Waals surface area (Å²) in [5, 5.41) is 4.42. The minimum Gasteiger partial charge on any atom is -0.497 e. The molecule has 0 saturated carbocycles. The Kier molecular flexibility index (Phi) is 7.43. The van der Waals surface area contributed by atoms with Gasteiger partial charge in [0.2, 0.25) is 0 Å². The van der Waals surface area contributed by atoms with Crippen LogP contribution in [-0.4, -0.2) is 64.5 Å². The fraction of sp³-hybridized carbons (Fsp3) is 0.318. The van der Waals surface area contributed by atoms with Crippen LogP contribution in [0.15, 0.2) is 55.0 Å². The number of ether oxygens (including phenoxy) is 1. The highest BCUT2D eigenvalue weighted by atomic mass is 35.5. The summed E-state index contributed by atoms with van der Waals surface area (Å²) in [7, 11) is 1.70. The van der Waals surface area contributed by atoms with Gasteiger partial charge in [0.1, 0.15) is 5.75 Å². The van der Waals surface area contributed by atoms with Crippen LogP contribution in [0, 0.1) is 6.92 Å². The van der Waals surface area contributed by atoms with E-state index >= 15 is 0 Å². The second kappa shape index (κ2) is 10.2. The van der Waals surface area contributed by atoms with Crippen LogP contribution in [0.2, 0.25) is 0 Å². The van der Waals surface area contributed by atoms with Crippen LogP contribution >= 0.6 is 12.4 Å². The predicted octanol–water partition coefficient (Wildman–Crippen LogP) is 3.24. The molecule has 1 aromatic carbocycles. The number of halogens is 1. The lowest BCUT2D eigenvalue weighted by Gasteiger charge is -2.35. The van der Waals surface area contributed by atoms with Gasteiger partial charge in [-0.3, -0.25) is 4.90 Å². The highest BCUT2D eigenvalue weighted by Gasteiger charge is 2.16. The van der Waals surface area contributed by atoms with Gasteiger partial charge < -0.3 is 9.64 Å². The summed E-state index contributed by atoms with van der Waals surface area (Å²) in [5.41, 5.74) is 3.39. The van der Waals surface area contributed by atoms with Crippen molar-refractivity contribution in [2.24, 2.45) is 0 Å². The molecule has 1 fully saturated rings. The molecule has 0 spiro atoms. The van der Waals surface area contributed by atoms with Gasteiger partial charge in [-0.05, 0) is 37.3 Å². The molecule has 0 aliphatic carbocycles.